The van der Waals surface area contributed by atoms with Crippen LogP contribution in [0.25, 0.3) is 0 Å². The molecular weight excluding hydrogens is 423 g/mol. The van der Waals surface area contributed by atoms with Gasteiger partial charge in [-0.3, -0.25) is 4.79 Å². The molecule has 0 heterocycles. The maximum atomic E-state index is 13.6. The van der Waals surface area contributed by atoms with Gasteiger partial charge in [-0.2, -0.15) is 0 Å². The van der Waals surface area contributed by atoms with Crippen molar-refractivity contribution in [2.75, 3.05) is 14.2 Å². The van der Waals surface area contributed by atoms with E-state index in [1.54, 1.807) is 42.5 Å². The zero-order valence-electron chi connectivity index (χ0n) is 18.7. The standard InChI is InChI=1S/C26H26O5P/c1-5-17-11-9-12-18(6-2)23(17)25(27)19-13-7-8-16-22(19)32(29)26(28)24-20(30-3)14-10-15-21(24)31-4/h7-16H,5-6H2,1-4H3/q+1. The van der Waals surface area contributed by atoms with Crippen LogP contribution in [0.3, 0.4) is 0 Å². The van der Waals surface area contributed by atoms with Crippen molar-refractivity contribution in [3.8, 4) is 11.5 Å². The minimum absolute atomic E-state index is 0.101. The van der Waals surface area contributed by atoms with E-state index in [-0.39, 0.29) is 33.7 Å². The van der Waals surface area contributed by atoms with E-state index < -0.39 is 13.3 Å². The van der Waals surface area contributed by atoms with Crippen molar-refractivity contribution in [1.29, 1.82) is 0 Å². The van der Waals surface area contributed by atoms with Gasteiger partial charge in [-0.1, -0.05) is 54.8 Å². The molecule has 3 aromatic carbocycles. The average molecular weight is 449 g/mol. The molecule has 0 aliphatic heterocycles. The highest BCUT2D eigenvalue weighted by atomic mass is 31.1. The van der Waals surface area contributed by atoms with E-state index in [4.69, 9.17) is 9.47 Å². The van der Waals surface area contributed by atoms with Crippen LogP contribution in [0, 0.1) is 0 Å². The lowest BCUT2D eigenvalue weighted by Gasteiger charge is -2.12. The summed E-state index contributed by atoms with van der Waals surface area (Å²) in [5.74, 6) is 0.315. The van der Waals surface area contributed by atoms with E-state index in [0.717, 1.165) is 11.1 Å². The molecule has 164 valence electrons. The second-order valence-electron chi connectivity index (χ2n) is 7.14. The van der Waals surface area contributed by atoms with Crippen molar-refractivity contribution in [3.63, 3.8) is 0 Å². The van der Waals surface area contributed by atoms with Gasteiger partial charge >= 0.3 is 13.3 Å². The molecule has 0 spiro atoms. The first-order valence-corrected chi connectivity index (χ1v) is 11.7. The topological polar surface area (TPSA) is 69.7 Å². The Balaban J connectivity index is 2.12. The third-order valence-electron chi connectivity index (χ3n) is 5.42. The van der Waals surface area contributed by atoms with E-state index in [1.165, 1.54) is 14.2 Å². The van der Waals surface area contributed by atoms with Gasteiger partial charge in [-0.05, 0) is 48.2 Å². The predicted molar refractivity (Wildman–Crippen MR) is 126 cm³/mol. The average Bonchev–Trinajstić information content (AvgIpc) is 2.86. The quantitative estimate of drug-likeness (QED) is 0.325. The Morgan fingerprint density at radius 1 is 0.750 bits per heavy atom. The van der Waals surface area contributed by atoms with Gasteiger partial charge in [-0.15, -0.1) is 0 Å². The molecule has 0 amide bonds. The number of hydrogen-bond acceptors (Lipinski definition) is 5. The number of ether oxygens (including phenoxy) is 2. The first kappa shape index (κ1) is 23.4. The molecule has 3 aromatic rings. The summed E-state index contributed by atoms with van der Waals surface area (Å²) in [6.07, 6.45) is 1.39. The summed E-state index contributed by atoms with van der Waals surface area (Å²) < 4.78 is 24.1. The fraction of sp³-hybridized carbons (Fsp3) is 0.231. The van der Waals surface area contributed by atoms with Crippen LogP contribution in [0.4, 0.5) is 0 Å². The van der Waals surface area contributed by atoms with Gasteiger partial charge in [-0.25, -0.2) is 4.79 Å². The van der Waals surface area contributed by atoms with Crippen LogP contribution in [0.2, 0.25) is 0 Å². The molecule has 5 nitrogen and oxygen atoms in total. The van der Waals surface area contributed by atoms with Gasteiger partial charge in [0.15, 0.2) is 11.3 Å². The van der Waals surface area contributed by atoms with Crippen LogP contribution in [-0.2, 0) is 17.4 Å². The van der Waals surface area contributed by atoms with Crippen LogP contribution in [0.5, 0.6) is 11.5 Å². The predicted octanol–water partition coefficient (Wildman–Crippen LogP) is 5.35. The molecule has 3 rings (SSSR count). The van der Waals surface area contributed by atoms with Gasteiger partial charge in [0.2, 0.25) is 5.30 Å². The Bertz CT molecular complexity index is 1140. The van der Waals surface area contributed by atoms with Crippen molar-refractivity contribution in [1.82, 2.24) is 0 Å². The van der Waals surface area contributed by atoms with E-state index in [9.17, 15) is 14.2 Å². The summed E-state index contributed by atoms with van der Waals surface area (Å²) in [5, 5.41) is 0.207. The number of hydrogen-bond donors (Lipinski definition) is 0. The van der Waals surface area contributed by atoms with Crippen molar-refractivity contribution in [2.45, 2.75) is 26.7 Å². The highest BCUT2D eigenvalue weighted by Crippen LogP contribution is 2.38. The smallest absolute Gasteiger partial charge is 0.459 e. The molecule has 0 bridgehead atoms. The first-order chi connectivity index (χ1) is 15.5. The van der Waals surface area contributed by atoms with Crippen molar-refractivity contribution in [3.05, 3.63) is 88.5 Å². The number of aryl methyl sites for hydroxylation is 2. The van der Waals surface area contributed by atoms with E-state index in [0.29, 0.717) is 18.4 Å². The maximum absolute atomic E-state index is 13.6. The Kier molecular flexibility index (Phi) is 7.55. The number of methoxy groups -OCH3 is 2. The second-order valence-corrected chi connectivity index (χ2v) is 8.62. The number of rotatable bonds is 9. The fourth-order valence-corrected chi connectivity index (χ4v) is 5.04. The lowest BCUT2D eigenvalue weighted by Crippen LogP contribution is -2.18. The van der Waals surface area contributed by atoms with Crippen LogP contribution in [0.1, 0.15) is 51.3 Å². The molecule has 0 aliphatic carbocycles. The normalized spacial score (nSPS) is 11.1. The Morgan fingerprint density at radius 3 is 1.81 bits per heavy atom. The SMILES string of the molecule is CCc1cccc(CC)c1C(=O)c1ccccc1[P+](=O)C(=O)c1c(OC)cccc1OC. The number of benzene rings is 3. The Morgan fingerprint density at radius 2 is 1.28 bits per heavy atom. The summed E-state index contributed by atoms with van der Waals surface area (Å²) in [4.78, 5) is 27.0. The summed E-state index contributed by atoms with van der Waals surface area (Å²) >= 11 is 0. The van der Waals surface area contributed by atoms with E-state index in [2.05, 4.69) is 0 Å². The summed E-state index contributed by atoms with van der Waals surface area (Å²) in [7, 11) is 0.271. The molecule has 0 N–H and O–H groups in total. The lowest BCUT2D eigenvalue weighted by atomic mass is 9.91. The number of carbonyl (C=O) groups is 2. The molecule has 0 fully saturated rings. The molecule has 6 heteroatoms. The molecule has 32 heavy (non-hydrogen) atoms. The van der Waals surface area contributed by atoms with Gasteiger partial charge in [0, 0.05) is 5.56 Å². The second kappa shape index (κ2) is 10.3. The summed E-state index contributed by atoms with van der Waals surface area (Å²) in [5.41, 5.74) is 2.20. The molecule has 0 saturated carbocycles. The number of ketones is 1. The van der Waals surface area contributed by atoms with Crippen molar-refractivity contribution in [2.24, 2.45) is 0 Å². The minimum atomic E-state index is -2.60. The molecule has 0 aromatic heterocycles. The van der Waals surface area contributed by atoms with Crippen LogP contribution >= 0.6 is 7.80 Å². The highest BCUT2D eigenvalue weighted by molar-refractivity contribution is 7.71. The molecule has 0 radical (unpaired) electrons. The van der Waals surface area contributed by atoms with Crippen LogP contribution in [0.15, 0.2) is 60.7 Å². The molecule has 1 atom stereocenters. The van der Waals surface area contributed by atoms with Gasteiger partial charge in [0.1, 0.15) is 11.5 Å². The minimum Gasteiger partial charge on any atom is -0.496 e. The third kappa shape index (κ3) is 4.35. The summed E-state index contributed by atoms with van der Waals surface area (Å²) in [6.45, 7) is 3.99. The molecule has 0 saturated heterocycles. The molecule has 0 aliphatic rings. The van der Waals surface area contributed by atoms with Gasteiger partial charge in [0.25, 0.3) is 0 Å². The largest absolute Gasteiger partial charge is 0.496 e. The number of carbonyl (C=O) groups excluding carboxylic acids is 2. The van der Waals surface area contributed by atoms with Crippen LogP contribution < -0.4 is 14.8 Å². The van der Waals surface area contributed by atoms with Crippen molar-refractivity contribution >= 4 is 24.4 Å². The zero-order valence-corrected chi connectivity index (χ0v) is 19.6. The Hall–Kier alpha value is -3.30. The maximum Gasteiger partial charge on any atom is 0.459 e. The molecule has 1 unspecified atom stereocenters. The Labute approximate surface area is 189 Å². The molecular formula is C26H26O5P+. The van der Waals surface area contributed by atoms with E-state index in [1.807, 2.05) is 32.0 Å². The van der Waals surface area contributed by atoms with Gasteiger partial charge < -0.3 is 9.47 Å². The monoisotopic (exact) mass is 449 g/mol. The lowest BCUT2D eigenvalue weighted by molar-refractivity contribution is 0.103. The van der Waals surface area contributed by atoms with Crippen molar-refractivity contribution < 1.29 is 23.6 Å². The fourth-order valence-electron chi connectivity index (χ4n) is 3.78. The van der Waals surface area contributed by atoms with Crippen LogP contribution in [-0.4, -0.2) is 25.5 Å². The van der Waals surface area contributed by atoms with Gasteiger partial charge in [0.05, 0.1) is 19.8 Å². The highest BCUT2D eigenvalue weighted by Gasteiger charge is 2.40. The first-order valence-electron chi connectivity index (χ1n) is 10.4. The van der Waals surface area contributed by atoms with E-state index >= 15 is 0 Å². The third-order valence-corrected chi connectivity index (χ3v) is 6.84. The summed E-state index contributed by atoms with van der Waals surface area (Å²) in [6, 6.07) is 17.3. The zero-order chi connectivity index (χ0) is 23.3.